The molecule has 2 rings (SSSR count). The first-order valence-corrected chi connectivity index (χ1v) is 9.38. The lowest BCUT2D eigenvalue weighted by Crippen LogP contribution is -2.04. The van der Waals surface area contributed by atoms with E-state index >= 15 is 0 Å². The van der Waals surface area contributed by atoms with E-state index in [0.717, 1.165) is 0 Å². The van der Waals surface area contributed by atoms with Crippen molar-refractivity contribution in [1.82, 2.24) is 14.9 Å². The predicted molar refractivity (Wildman–Crippen MR) is 99.6 cm³/mol. The first kappa shape index (κ1) is 19.7. The van der Waals surface area contributed by atoms with Crippen molar-refractivity contribution in [1.29, 1.82) is 0 Å². The maximum Gasteiger partial charge on any atom is 0.315 e. The molecule has 0 fully saturated rings. The molecule has 0 radical (unpaired) electrons. The molecule has 0 N–H and O–H groups in total. The van der Waals surface area contributed by atoms with Crippen molar-refractivity contribution in [2.45, 2.75) is 32.3 Å². The second-order valence-electron chi connectivity index (χ2n) is 5.00. The van der Waals surface area contributed by atoms with Crippen LogP contribution >= 0.6 is 11.8 Å². The fourth-order valence-electron chi connectivity index (χ4n) is 2.25. The van der Waals surface area contributed by atoms with Crippen molar-refractivity contribution in [3.05, 3.63) is 33.6 Å². The van der Waals surface area contributed by atoms with Crippen molar-refractivity contribution >= 4 is 23.7 Å². The molecule has 0 aliphatic rings. The average molecular weight is 379 g/mol. The number of nitro benzene ring substituents is 1. The van der Waals surface area contributed by atoms with E-state index in [1.807, 2.05) is 13.2 Å². The van der Waals surface area contributed by atoms with Gasteiger partial charge >= 0.3 is 5.69 Å². The van der Waals surface area contributed by atoms with E-state index in [0.29, 0.717) is 41.9 Å². The number of thioether (sulfide) groups is 1. The Hall–Kier alpha value is -2.62. The Kier molecular flexibility index (Phi) is 6.96. The van der Waals surface area contributed by atoms with Gasteiger partial charge in [0.05, 0.1) is 24.4 Å². The Labute approximate surface area is 155 Å². The summed E-state index contributed by atoms with van der Waals surface area (Å²) < 4.78 is 12.6. The van der Waals surface area contributed by atoms with E-state index in [9.17, 15) is 10.1 Å². The predicted octanol–water partition coefficient (Wildman–Crippen LogP) is 3.15. The van der Waals surface area contributed by atoms with Crippen LogP contribution < -0.4 is 9.47 Å². The van der Waals surface area contributed by atoms with Gasteiger partial charge in [-0.25, -0.2) is 0 Å². The third-order valence-corrected chi connectivity index (χ3v) is 3.96. The van der Waals surface area contributed by atoms with Crippen molar-refractivity contribution in [3.63, 3.8) is 0 Å². The Morgan fingerprint density at radius 1 is 1.27 bits per heavy atom. The van der Waals surface area contributed by atoms with Gasteiger partial charge in [-0.2, -0.15) is 9.78 Å². The standard InChI is InChI=1S/C16H21N5O4S/c1-5-14-18-19-16(26-4)20(14)17-10-11-8-12(21(22)23)15(25-7-3)13(9-11)24-6-2/h8-10H,5-7H2,1-4H3/b17-10-. The molecule has 26 heavy (non-hydrogen) atoms. The molecule has 0 unspecified atom stereocenters. The Bertz CT molecular complexity index is 785. The van der Waals surface area contributed by atoms with Gasteiger partial charge in [0.1, 0.15) is 0 Å². The summed E-state index contributed by atoms with van der Waals surface area (Å²) in [5.74, 6) is 1.14. The summed E-state index contributed by atoms with van der Waals surface area (Å²) in [6, 6.07) is 3.07. The Balaban J connectivity index is 2.49. The molecule has 0 amide bonds. The van der Waals surface area contributed by atoms with E-state index in [4.69, 9.17) is 9.47 Å². The van der Waals surface area contributed by atoms with Crippen LogP contribution in [0.25, 0.3) is 0 Å². The second kappa shape index (κ2) is 9.18. The zero-order valence-corrected chi connectivity index (χ0v) is 15.9. The minimum atomic E-state index is -0.492. The fourth-order valence-corrected chi connectivity index (χ4v) is 2.70. The average Bonchev–Trinajstić information content (AvgIpc) is 3.03. The molecule has 1 aromatic heterocycles. The van der Waals surface area contributed by atoms with Crippen LogP contribution in [0.2, 0.25) is 0 Å². The third kappa shape index (κ3) is 4.31. The molecule has 140 valence electrons. The zero-order chi connectivity index (χ0) is 19.1. The number of aromatic nitrogens is 3. The van der Waals surface area contributed by atoms with Crippen LogP contribution in [0.1, 0.15) is 32.2 Å². The lowest BCUT2D eigenvalue weighted by atomic mass is 10.2. The molecule has 0 atom stereocenters. The summed E-state index contributed by atoms with van der Waals surface area (Å²) in [5, 5.41) is 24.6. The maximum absolute atomic E-state index is 11.4. The normalized spacial score (nSPS) is 11.1. The second-order valence-corrected chi connectivity index (χ2v) is 5.78. The highest BCUT2D eigenvalue weighted by atomic mass is 32.2. The molecule has 1 aromatic carbocycles. The van der Waals surface area contributed by atoms with E-state index in [1.54, 1.807) is 24.6 Å². The third-order valence-electron chi connectivity index (χ3n) is 3.34. The van der Waals surface area contributed by atoms with Crippen LogP contribution in [-0.2, 0) is 6.42 Å². The van der Waals surface area contributed by atoms with E-state index in [-0.39, 0.29) is 11.4 Å². The number of aryl methyl sites for hydroxylation is 1. The SMILES string of the molecule is CCOc1cc(/C=N\n2c(CC)nnc2SC)cc([N+](=O)[O-])c1OCC. The van der Waals surface area contributed by atoms with Crippen molar-refractivity contribution in [3.8, 4) is 11.5 Å². The van der Waals surface area contributed by atoms with Crippen molar-refractivity contribution < 1.29 is 14.4 Å². The molecular weight excluding hydrogens is 358 g/mol. The van der Waals surface area contributed by atoms with Gasteiger partial charge in [-0.05, 0) is 26.2 Å². The highest BCUT2D eigenvalue weighted by Crippen LogP contribution is 2.38. The van der Waals surface area contributed by atoms with Gasteiger partial charge in [-0.15, -0.1) is 10.2 Å². The van der Waals surface area contributed by atoms with Crippen molar-refractivity contribution in [2.24, 2.45) is 5.10 Å². The number of nitrogens with zero attached hydrogens (tertiary/aromatic N) is 5. The van der Waals surface area contributed by atoms with Gasteiger partial charge in [0, 0.05) is 18.1 Å². The summed E-state index contributed by atoms with van der Waals surface area (Å²) >= 11 is 1.42. The van der Waals surface area contributed by atoms with Crippen LogP contribution in [0.3, 0.4) is 0 Å². The molecule has 2 aromatic rings. The fraction of sp³-hybridized carbons (Fsp3) is 0.438. The minimum absolute atomic E-state index is 0.125. The minimum Gasteiger partial charge on any atom is -0.490 e. The number of ether oxygens (including phenoxy) is 2. The van der Waals surface area contributed by atoms with Crippen LogP contribution in [0.5, 0.6) is 11.5 Å². The maximum atomic E-state index is 11.4. The number of rotatable bonds is 9. The quantitative estimate of drug-likeness (QED) is 0.285. The van der Waals surface area contributed by atoms with E-state index < -0.39 is 4.92 Å². The summed E-state index contributed by atoms with van der Waals surface area (Å²) in [7, 11) is 0. The summed E-state index contributed by atoms with van der Waals surface area (Å²) in [4.78, 5) is 10.9. The van der Waals surface area contributed by atoms with Gasteiger partial charge in [0.25, 0.3) is 0 Å². The highest BCUT2D eigenvalue weighted by molar-refractivity contribution is 7.98. The largest absolute Gasteiger partial charge is 0.490 e. The Morgan fingerprint density at radius 3 is 2.58 bits per heavy atom. The molecular formula is C16H21N5O4S. The van der Waals surface area contributed by atoms with Crippen LogP contribution in [0, 0.1) is 10.1 Å². The number of nitro groups is 1. The molecule has 0 saturated heterocycles. The van der Waals surface area contributed by atoms with Gasteiger partial charge < -0.3 is 9.47 Å². The van der Waals surface area contributed by atoms with Crippen LogP contribution in [-0.4, -0.2) is 45.5 Å². The van der Waals surface area contributed by atoms with Gasteiger partial charge in [-0.3, -0.25) is 10.1 Å². The zero-order valence-electron chi connectivity index (χ0n) is 15.1. The van der Waals surface area contributed by atoms with Crippen LogP contribution in [0.4, 0.5) is 5.69 Å². The monoisotopic (exact) mass is 379 g/mol. The molecule has 0 saturated carbocycles. The molecule has 9 nitrogen and oxygen atoms in total. The van der Waals surface area contributed by atoms with Gasteiger partial charge in [0.15, 0.2) is 11.6 Å². The topological polar surface area (TPSA) is 105 Å². The molecule has 0 aliphatic carbocycles. The molecule has 0 spiro atoms. The molecule has 1 heterocycles. The Morgan fingerprint density at radius 2 is 2.00 bits per heavy atom. The smallest absolute Gasteiger partial charge is 0.315 e. The van der Waals surface area contributed by atoms with Gasteiger partial charge in [-0.1, -0.05) is 18.7 Å². The number of hydrogen-bond donors (Lipinski definition) is 0. The lowest BCUT2D eigenvalue weighted by molar-refractivity contribution is -0.385. The summed E-state index contributed by atoms with van der Waals surface area (Å²) in [6.45, 7) is 6.18. The number of benzene rings is 1. The highest BCUT2D eigenvalue weighted by Gasteiger charge is 2.22. The lowest BCUT2D eigenvalue weighted by Gasteiger charge is -2.11. The summed E-state index contributed by atoms with van der Waals surface area (Å²) in [6.07, 6.45) is 4.07. The first-order valence-electron chi connectivity index (χ1n) is 8.16. The first-order chi connectivity index (χ1) is 12.5. The molecule has 0 bridgehead atoms. The summed E-state index contributed by atoms with van der Waals surface area (Å²) in [5.41, 5.74) is 0.357. The molecule has 0 aliphatic heterocycles. The number of hydrogen-bond acceptors (Lipinski definition) is 8. The van der Waals surface area contributed by atoms with Crippen molar-refractivity contribution in [2.75, 3.05) is 19.5 Å². The van der Waals surface area contributed by atoms with Crippen LogP contribution in [0.15, 0.2) is 22.4 Å². The van der Waals surface area contributed by atoms with E-state index in [2.05, 4.69) is 15.3 Å². The molecule has 10 heteroatoms. The van der Waals surface area contributed by atoms with E-state index in [1.165, 1.54) is 24.0 Å². The van der Waals surface area contributed by atoms with Gasteiger partial charge in [0.2, 0.25) is 10.9 Å².